The number of nitrogens with zero attached hydrogens (tertiary/aromatic N) is 3. The summed E-state index contributed by atoms with van der Waals surface area (Å²) in [5.41, 5.74) is 0.702. The van der Waals surface area contributed by atoms with Crippen LogP contribution in [0.25, 0.3) is 0 Å². The first-order valence-corrected chi connectivity index (χ1v) is 14.0. The molecule has 3 aromatic rings. The number of rotatable bonds is 10. The molecule has 0 bridgehead atoms. The quantitative estimate of drug-likeness (QED) is 0.249. The van der Waals surface area contributed by atoms with Crippen molar-refractivity contribution >= 4 is 52.2 Å². The smallest absolute Gasteiger partial charge is 0.353 e. The van der Waals surface area contributed by atoms with Crippen LogP contribution in [0.15, 0.2) is 45.8 Å². The Balaban J connectivity index is 1.31. The van der Waals surface area contributed by atoms with Crippen LogP contribution in [-0.2, 0) is 10.2 Å². The lowest BCUT2D eigenvalue weighted by molar-refractivity contribution is -0.122. The van der Waals surface area contributed by atoms with Crippen molar-refractivity contribution in [3.05, 3.63) is 63.7 Å². The van der Waals surface area contributed by atoms with Gasteiger partial charge >= 0.3 is 6.18 Å². The minimum Gasteiger partial charge on any atom is -0.353 e. The molecule has 38 heavy (non-hydrogen) atoms. The summed E-state index contributed by atoms with van der Waals surface area (Å²) >= 11 is 14.8. The molecule has 1 aromatic heterocycles. The maximum Gasteiger partial charge on any atom is 0.405 e. The predicted molar refractivity (Wildman–Crippen MR) is 142 cm³/mol. The van der Waals surface area contributed by atoms with Crippen LogP contribution in [0.4, 0.5) is 24.5 Å². The monoisotopic (exact) mass is 584 g/mol. The standard InChI is InChI=1S/C26H25Cl2F3N4O2S/c1-2-38-18-7-5-17(6-8-18)35(14-26(29,30)31)13-21(36)32-16-11-19(27)22(20(28)12-16)25(9-10-25)24-33-23(37-34-24)15-3-4-15/h5-8,11-12,15H,2-4,9-10,13-14H2,1H3,(H,32,36). The highest BCUT2D eigenvalue weighted by Crippen LogP contribution is 2.57. The fourth-order valence-electron chi connectivity index (χ4n) is 4.49. The fourth-order valence-corrected chi connectivity index (χ4v) is 6.00. The van der Waals surface area contributed by atoms with Crippen molar-refractivity contribution in [2.75, 3.05) is 29.1 Å². The molecule has 0 unspecified atom stereocenters. The molecule has 2 saturated carbocycles. The largest absolute Gasteiger partial charge is 0.405 e. The van der Waals surface area contributed by atoms with E-state index in [1.54, 1.807) is 48.2 Å². The zero-order chi connectivity index (χ0) is 27.1. The normalized spacial score (nSPS) is 16.4. The minimum atomic E-state index is -4.49. The van der Waals surface area contributed by atoms with Crippen LogP contribution >= 0.6 is 35.0 Å². The van der Waals surface area contributed by atoms with Crippen molar-refractivity contribution < 1.29 is 22.5 Å². The second-order valence-corrected chi connectivity index (χ2v) is 11.7. The molecular weight excluding hydrogens is 560 g/mol. The van der Waals surface area contributed by atoms with Gasteiger partial charge in [-0.1, -0.05) is 35.3 Å². The maximum atomic E-state index is 13.3. The first-order valence-electron chi connectivity index (χ1n) is 12.3. The van der Waals surface area contributed by atoms with E-state index >= 15 is 0 Å². The summed E-state index contributed by atoms with van der Waals surface area (Å²) in [6, 6.07) is 9.76. The van der Waals surface area contributed by atoms with E-state index < -0.39 is 30.6 Å². The Kier molecular flexibility index (Phi) is 7.59. The van der Waals surface area contributed by atoms with Crippen molar-refractivity contribution in [2.24, 2.45) is 0 Å². The van der Waals surface area contributed by atoms with E-state index in [0.717, 1.165) is 41.2 Å². The molecular formula is C26H25Cl2F3N4O2S. The minimum absolute atomic E-state index is 0.290. The summed E-state index contributed by atoms with van der Waals surface area (Å²) in [4.78, 5) is 19.3. The maximum absolute atomic E-state index is 13.3. The van der Waals surface area contributed by atoms with Gasteiger partial charge < -0.3 is 14.7 Å². The van der Waals surface area contributed by atoms with E-state index in [4.69, 9.17) is 27.7 Å². The SMILES string of the molecule is CCSc1ccc(N(CC(=O)Nc2cc(Cl)c(C3(c4noc(C5CC5)n4)CC3)c(Cl)c2)CC(F)(F)F)cc1. The molecule has 1 amide bonds. The molecule has 0 spiro atoms. The van der Waals surface area contributed by atoms with Crippen molar-refractivity contribution in [1.29, 1.82) is 0 Å². The Labute approximate surface area is 232 Å². The molecule has 0 radical (unpaired) electrons. The predicted octanol–water partition coefficient (Wildman–Crippen LogP) is 7.45. The molecule has 0 saturated heterocycles. The molecule has 0 aliphatic heterocycles. The highest BCUT2D eigenvalue weighted by atomic mass is 35.5. The van der Waals surface area contributed by atoms with Crippen LogP contribution in [0.5, 0.6) is 0 Å². The van der Waals surface area contributed by atoms with Gasteiger partial charge in [0.05, 0.1) is 12.0 Å². The molecule has 2 fully saturated rings. The Bertz CT molecular complexity index is 1300. The van der Waals surface area contributed by atoms with Crippen LogP contribution in [0.1, 0.15) is 55.8 Å². The number of benzene rings is 2. The van der Waals surface area contributed by atoms with Gasteiger partial charge in [0.1, 0.15) is 6.54 Å². The van der Waals surface area contributed by atoms with Crippen LogP contribution in [-0.4, -0.2) is 41.1 Å². The molecule has 202 valence electrons. The van der Waals surface area contributed by atoms with Gasteiger partial charge in [-0.25, -0.2) is 0 Å². The molecule has 1 N–H and O–H groups in total. The van der Waals surface area contributed by atoms with Crippen LogP contribution in [0.2, 0.25) is 10.0 Å². The van der Waals surface area contributed by atoms with Crippen LogP contribution in [0.3, 0.4) is 0 Å². The molecule has 2 aliphatic carbocycles. The molecule has 2 aliphatic rings. The molecule has 0 atom stereocenters. The number of hydrogen-bond donors (Lipinski definition) is 1. The summed E-state index contributed by atoms with van der Waals surface area (Å²) in [5.74, 6) is 1.71. The number of alkyl halides is 3. The molecule has 6 nitrogen and oxygen atoms in total. The second kappa shape index (κ2) is 10.6. The Morgan fingerprint density at radius 2 is 1.84 bits per heavy atom. The van der Waals surface area contributed by atoms with Gasteiger partial charge in [-0.2, -0.15) is 18.2 Å². The fraction of sp³-hybridized carbons (Fsp3) is 0.423. The van der Waals surface area contributed by atoms with Crippen LogP contribution in [0, 0.1) is 0 Å². The van der Waals surface area contributed by atoms with Gasteiger partial charge in [-0.15, -0.1) is 11.8 Å². The lowest BCUT2D eigenvalue weighted by Crippen LogP contribution is -2.39. The summed E-state index contributed by atoms with van der Waals surface area (Å²) in [7, 11) is 0. The van der Waals surface area contributed by atoms with E-state index in [1.165, 1.54) is 0 Å². The van der Waals surface area contributed by atoms with Crippen molar-refractivity contribution in [2.45, 2.75) is 55.0 Å². The third kappa shape index (κ3) is 6.07. The molecule has 1 heterocycles. The zero-order valence-electron chi connectivity index (χ0n) is 20.4. The molecule has 2 aromatic carbocycles. The summed E-state index contributed by atoms with van der Waals surface area (Å²) in [6.07, 6.45) is -0.908. The Hall–Kier alpha value is -2.43. The van der Waals surface area contributed by atoms with E-state index in [0.29, 0.717) is 38.9 Å². The molecule has 5 rings (SSSR count). The number of aromatic nitrogens is 2. The number of carbonyl (C=O) groups is 1. The lowest BCUT2D eigenvalue weighted by atomic mass is 9.94. The first kappa shape index (κ1) is 27.1. The van der Waals surface area contributed by atoms with Crippen molar-refractivity contribution in [1.82, 2.24) is 10.1 Å². The van der Waals surface area contributed by atoms with Gasteiger partial charge in [0.15, 0.2) is 5.82 Å². The average molecular weight is 585 g/mol. The first-order chi connectivity index (χ1) is 18.1. The Morgan fingerprint density at radius 3 is 2.39 bits per heavy atom. The zero-order valence-corrected chi connectivity index (χ0v) is 22.8. The van der Waals surface area contributed by atoms with E-state index in [-0.39, 0.29) is 5.69 Å². The number of anilines is 2. The molecule has 12 heteroatoms. The highest BCUT2D eigenvalue weighted by molar-refractivity contribution is 7.99. The van der Waals surface area contributed by atoms with Crippen molar-refractivity contribution in [3.63, 3.8) is 0 Å². The summed E-state index contributed by atoms with van der Waals surface area (Å²) in [5, 5.41) is 7.45. The lowest BCUT2D eigenvalue weighted by Gasteiger charge is -2.25. The van der Waals surface area contributed by atoms with E-state index in [1.807, 2.05) is 6.92 Å². The number of halogens is 5. The van der Waals surface area contributed by atoms with E-state index in [9.17, 15) is 18.0 Å². The van der Waals surface area contributed by atoms with Gasteiger partial charge in [0.25, 0.3) is 0 Å². The summed E-state index contributed by atoms with van der Waals surface area (Å²) < 4.78 is 45.3. The van der Waals surface area contributed by atoms with Gasteiger partial charge in [-0.05, 0) is 67.8 Å². The average Bonchev–Trinajstić information content (AvgIpc) is 3.77. The van der Waals surface area contributed by atoms with Crippen LogP contribution < -0.4 is 10.2 Å². The number of amides is 1. The van der Waals surface area contributed by atoms with Gasteiger partial charge in [0.2, 0.25) is 11.8 Å². The number of thioether (sulfide) groups is 1. The van der Waals surface area contributed by atoms with E-state index in [2.05, 4.69) is 15.5 Å². The Morgan fingerprint density at radius 1 is 1.18 bits per heavy atom. The number of nitrogens with one attached hydrogen (secondary N) is 1. The third-order valence-electron chi connectivity index (χ3n) is 6.57. The van der Waals surface area contributed by atoms with Gasteiger partial charge in [-0.3, -0.25) is 4.79 Å². The number of carbonyl (C=O) groups excluding carboxylic acids is 1. The number of hydrogen-bond acceptors (Lipinski definition) is 6. The van der Waals surface area contributed by atoms with Gasteiger partial charge in [0, 0.05) is 37.8 Å². The summed E-state index contributed by atoms with van der Waals surface area (Å²) in [6.45, 7) is 0.218. The second-order valence-electron chi connectivity index (χ2n) is 9.57. The highest BCUT2D eigenvalue weighted by Gasteiger charge is 2.53. The topological polar surface area (TPSA) is 71.3 Å². The third-order valence-corrected chi connectivity index (χ3v) is 8.06. The van der Waals surface area contributed by atoms with Crippen molar-refractivity contribution in [3.8, 4) is 0 Å².